The molecule has 1 saturated heterocycles. The summed E-state index contributed by atoms with van der Waals surface area (Å²) in [5.41, 5.74) is 0. The second-order valence-corrected chi connectivity index (χ2v) is 2.49. The summed E-state index contributed by atoms with van der Waals surface area (Å²) in [6.45, 7) is 6.18. The van der Waals surface area contributed by atoms with Gasteiger partial charge in [0.2, 0.25) is 0 Å². The molecule has 0 atom stereocenters. The molecule has 0 amide bonds. The Morgan fingerprint density at radius 2 is 1.67 bits per heavy atom. The van der Waals surface area contributed by atoms with Crippen LogP contribution in [0.25, 0.3) is 0 Å². The average Bonchev–Trinajstić information content (AvgIpc) is 1.90. The molecule has 0 aromatic heterocycles. The third-order valence-corrected chi connectivity index (χ3v) is 1.90. The van der Waals surface area contributed by atoms with Gasteiger partial charge in [-0.3, -0.25) is 0 Å². The molecule has 1 aliphatic rings. The van der Waals surface area contributed by atoms with Gasteiger partial charge in [0, 0.05) is 0 Å². The molecule has 0 radical (unpaired) electrons. The topological polar surface area (TPSA) is 3.24 Å². The van der Waals surface area contributed by atoms with Crippen LogP contribution >= 0.6 is 17.0 Å². The first-order valence-corrected chi connectivity index (χ1v) is 3.66. The van der Waals surface area contributed by atoms with Crippen LogP contribution in [0, 0.1) is 0 Å². The average molecular weight is 194 g/mol. The van der Waals surface area contributed by atoms with Crippen molar-refractivity contribution in [2.24, 2.45) is 0 Å². The van der Waals surface area contributed by atoms with E-state index in [1.54, 1.807) is 0 Å². The molecule has 0 aliphatic carbocycles. The molecule has 2 heteroatoms. The van der Waals surface area contributed by atoms with Crippen LogP contribution in [0.2, 0.25) is 0 Å². The summed E-state index contributed by atoms with van der Waals surface area (Å²) >= 11 is 0. The van der Waals surface area contributed by atoms with Gasteiger partial charge in [-0.25, -0.2) is 0 Å². The largest absolute Gasteiger partial charge is 0.304 e. The number of hydrogen-bond acceptors (Lipinski definition) is 1. The molecule has 0 unspecified atom stereocenters. The van der Waals surface area contributed by atoms with E-state index in [9.17, 15) is 0 Å². The minimum atomic E-state index is 0. The van der Waals surface area contributed by atoms with Gasteiger partial charge in [0.05, 0.1) is 0 Å². The summed E-state index contributed by atoms with van der Waals surface area (Å²) in [6.07, 6.45) is 4.30. The number of nitrogens with zero attached hydrogens (tertiary/aromatic N) is 1. The standard InChI is InChI=1S/C7H15N.BrH/c1-2-8-6-4-3-5-7-8;/h2-7H2,1H3;1H. The second kappa shape index (κ2) is 5.24. The minimum Gasteiger partial charge on any atom is -0.304 e. The predicted octanol–water partition coefficient (Wildman–Crippen LogP) is 2.07. The molecule has 56 valence electrons. The van der Waals surface area contributed by atoms with Crippen LogP contribution in [0.1, 0.15) is 26.2 Å². The van der Waals surface area contributed by atoms with Gasteiger partial charge in [0.1, 0.15) is 0 Å². The van der Waals surface area contributed by atoms with Crippen molar-refractivity contribution in [1.82, 2.24) is 4.90 Å². The summed E-state index contributed by atoms with van der Waals surface area (Å²) in [5.74, 6) is 0. The minimum absolute atomic E-state index is 0. The van der Waals surface area contributed by atoms with Crippen molar-refractivity contribution in [2.75, 3.05) is 19.6 Å². The Morgan fingerprint density at radius 1 is 1.11 bits per heavy atom. The van der Waals surface area contributed by atoms with E-state index in [0.29, 0.717) is 0 Å². The lowest BCUT2D eigenvalue weighted by atomic mass is 10.1. The third-order valence-electron chi connectivity index (χ3n) is 1.90. The second-order valence-electron chi connectivity index (χ2n) is 2.49. The van der Waals surface area contributed by atoms with Crippen LogP contribution in [-0.2, 0) is 0 Å². The monoisotopic (exact) mass is 193 g/mol. The highest BCUT2D eigenvalue weighted by Gasteiger charge is 2.05. The Kier molecular flexibility index (Phi) is 5.50. The zero-order valence-electron chi connectivity index (χ0n) is 6.10. The van der Waals surface area contributed by atoms with E-state index < -0.39 is 0 Å². The van der Waals surface area contributed by atoms with Crippen molar-refractivity contribution >= 4 is 17.0 Å². The van der Waals surface area contributed by atoms with Crippen LogP contribution in [0.5, 0.6) is 0 Å². The van der Waals surface area contributed by atoms with Crippen molar-refractivity contribution in [1.29, 1.82) is 0 Å². The van der Waals surface area contributed by atoms with Gasteiger partial charge >= 0.3 is 0 Å². The first-order valence-electron chi connectivity index (χ1n) is 3.66. The van der Waals surface area contributed by atoms with E-state index in [2.05, 4.69) is 11.8 Å². The first kappa shape index (κ1) is 9.44. The molecule has 0 aromatic rings. The van der Waals surface area contributed by atoms with Crippen LogP contribution in [0.4, 0.5) is 0 Å². The third kappa shape index (κ3) is 3.21. The SMILES string of the molecule is Br.CCN1CCCCC1. The number of halogens is 1. The van der Waals surface area contributed by atoms with Gasteiger partial charge in [-0.05, 0) is 32.5 Å². The van der Waals surface area contributed by atoms with Crippen molar-refractivity contribution in [3.8, 4) is 0 Å². The lowest BCUT2D eigenvalue weighted by Gasteiger charge is -2.24. The molecule has 1 nitrogen and oxygen atoms in total. The predicted molar refractivity (Wildman–Crippen MR) is 46.3 cm³/mol. The van der Waals surface area contributed by atoms with E-state index in [1.165, 1.54) is 38.9 Å². The van der Waals surface area contributed by atoms with Gasteiger partial charge < -0.3 is 4.90 Å². The molecule has 1 heterocycles. The fraction of sp³-hybridized carbons (Fsp3) is 1.00. The van der Waals surface area contributed by atoms with E-state index in [-0.39, 0.29) is 17.0 Å². The lowest BCUT2D eigenvalue weighted by Crippen LogP contribution is -2.29. The molecule has 0 aromatic carbocycles. The van der Waals surface area contributed by atoms with Crippen LogP contribution < -0.4 is 0 Å². The summed E-state index contributed by atoms with van der Waals surface area (Å²) < 4.78 is 0. The fourth-order valence-corrected chi connectivity index (χ4v) is 1.28. The smallest absolute Gasteiger partial charge is 0.00188 e. The molecule has 1 rings (SSSR count). The molecule has 0 saturated carbocycles. The van der Waals surface area contributed by atoms with Crippen molar-refractivity contribution in [3.05, 3.63) is 0 Å². The van der Waals surface area contributed by atoms with Crippen molar-refractivity contribution in [3.63, 3.8) is 0 Å². The van der Waals surface area contributed by atoms with E-state index in [0.717, 1.165) is 0 Å². The zero-order chi connectivity index (χ0) is 5.82. The Bertz CT molecular complexity index is 59.9. The van der Waals surface area contributed by atoms with Crippen LogP contribution in [-0.4, -0.2) is 24.5 Å². The Morgan fingerprint density at radius 3 is 2.00 bits per heavy atom. The molecular weight excluding hydrogens is 178 g/mol. The molecule has 1 fully saturated rings. The van der Waals surface area contributed by atoms with Crippen molar-refractivity contribution < 1.29 is 0 Å². The summed E-state index contributed by atoms with van der Waals surface area (Å²) in [6, 6.07) is 0. The van der Waals surface area contributed by atoms with E-state index >= 15 is 0 Å². The van der Waals surface area contributed by atoms with Gasteiger partial charge in [-0.1, -0.05) is 13.3 Å². The van der Waals surface area contributed by atoms with Crippen LogP contribution in [0.15, 0.2) is 0 Å². The number of hydrogen-bond donors (Lipinski definition) is 0. The lowest BCUT2D eigenvalue weighted by molar-refractivity contribution is 0.240. The fourth-order valence-electron chi connectivity index (χ4n) is 1.28. The number of rotatable bonds is 1. The molecule has 1 aliphatic heterocycles. The maximum absolute atomic E-state index is 2.52. The molecular formula is C7H16BrN. The normalized spacial score (nSPS) is 21.0. The highest BCUT2D eigenvalue weighted by atomic mass is 79.9. The summed E-state index contributed by atoms with van der Waals surface area (Å²) in [7, 11) is 0. The maximum atomic E-state index is 2.52. The maximum Gasteiger partial charge on any atom is -0.00188 e. The highest BCUT2D eigenvalue weighted by molar-refractivity contribution is 8.93. The van der Waals surface area contributed by atoms with Gasteiger partial charge in [-0.15, -0.1) is 17.0 Å². The van der Waals surface area contributed by atoms with Crippen molar-refractivity contribution in [2.45, 2.75) is 26.2 Å². The summed E-state index contributed by atoms with van der Waals surface area (Å²) in [4.78, 5) is 2.52. The molecule has 0 N–H and O–H groups in total. The van der Waals surface area contributed by atoms with Gasteiger partial charge in [0.15, 0.2) is 0 Å². The van der Waals surface area contributed by atoms with Crippen LogP contribution in [0.3, 0.4) is 0 Å². The molecule has 0 spiro atoms. The Balaban J connectivity index is 0.000000640. The highest BCUT2D eigenvalue weighted by Crippen LogP contribution is 2.06. The number of piperidine rings is 1. The quantitative estimate of drug-likeness (QED) is 0.617. The van der Waals surface area contributed by atoms with Gasteiger partial charge in [0.25, 0.3) is 0 Å². The number of likely N-dealkylation sites (tertiary alicyclic amines) is 1. The zero-order valence-corrected chi connectivity index (χ0v) is 7.81. The van der Waals surface area contributed by atoms with E-state index in [4.69, 9.17) is 0 Å². The summed E-state index contributed by atoms with van der Waals surface area (Å²) in [5, 5.41) is 0. The Hall–Kier alpha value is 0.440. The Labute approximate surface area is 68.2 Å². The first-order chi connectivity index (χ1) is 3.93. The molecule has 9 heavy (non-hydrogen) atoms. The van der Waals surface area contributed by atoms with Gasteiger partial charge in [-0.2, -0.15) is 0 Å². The molecule has 0 bridgehead atoms. The van der Waals surface area contributed by atoms with E-state index in [1.807, 2.05) is 0 Å².